The summed E-state index contributed by atoms with van der Waals surface area (Å²) in [6.07, 6.45) is 9.30. The van der Waals surface area contributed by atoms with Gasteiger partial charge in [0.05, 0.1) is 11.6 Å². The van der Waals surface area contributed by atoms with Crippen molar-refractivity contribution in [2.24, 2.45) is 0 Å². The van der Waals surface area contributed by atoms with Crippen molar-refractivity contribution in [1.29, 1.82) is 5.26 Å². The lowest BCUT2D eigenvalue weighted by atomic mass is 9.96. The van der Waals surface area contributed by atoms with E-state index in [4.69, 9.17) is 0 Å². The number of benzene rings is 2. The van der Waals surface area contributed by atoms with Crippen molar-refractivity contribution in [3.05, 3.63) is 42.0 Å². The zero-order chi connectivity index (χ0) is 14.5. The first-order chi connectivity index (χ1) is 10.4. The fourth-order valence-electron chi connectivity index (χ4n) is 3.34. The van der Waals surface area contributed by atoms with Crippen molar-refractivity contribution in [2.75, 3.05) is 5.32 Å². The van der Waals surface area contributed by atoms with Gasteiger partial charge in [0.15, 0.2) is 0 Å². The van der Waals surface area contributed by atoms with Crippen LogP contribution in [-0.4, -0.2) is 6.04 Å². The third-order valence-electron chi connectivity index (χ3n) is 4.51. The normalized spacial score (nSPS) is 16.9. The van der Waals surface area contributed by atoms with Crippen LogP contribution in [0.5, 0.6) is 0 Å². The Kier molecular flexibility index (Phi) is 4.40. The van der Waals surface area contributed by atoms with E-state index in [1.165, 1.54) is 56.0 Å². The van der Waals surface area contributed by atoms with Crippen molar-refractivity contribution in [3.63, 3.8) is 0 Å². The lowest BCUT2D eigenvalue weighted by Gasteiger charge is -2.23. The van der Waals surface area contributed by atoms with Crippen LogP contribution in [0.2, 0.25) is 0 Å². The van der Waals surface area contributed by atoms with Crippen LogP contribution in [0.15, 0.2) is 36.4 Å². The van der Waals surface area contributed by atoms with Crippen LogP contribution in [0, 0.1) is 11.3 Å². The Morgan fingerprint density at radius 3 is 2.24 bits per heavy atom. The quantitative estimate of drug-likeness (QED) is 0.815. The molecule has 1 aliphatic rings. The maximum Gasteiger partial charge on any atom is 0.0998 e. The smallest absolute Gasteiger partial charge is 0.0998 e. The van der Waals surface area contributed by atoms with Crippen LogP contribution in [0.1, 0.15) is 50.5 Å². The highest BCUT2D eigenvalue weighted by molar-refractivity contribution is 5.97. The van der Waals surface area contributed by atoms with Gasteiger partial charge in [-0.2, -0.15) is 5.26 Å². The van der Waals surface area contributed by atoms with Crippen LogP contribution in [0.25, 0.3) is 10.8 Å². The zero-order valence-corrected chi connectivity index (χ0v) is 12.4. The summed E-state index contributed by atoms with van der Waals surface area (Å²) in [4.78, 5) is 0. The molecule has 2 heteroatoms. The number of nitrogens with zero attached hydrogens (tertiary/aromatic N) is 1. The number of nitriles is 1. The minimum atomic E-state index is 0.571. The average molecular weight is 278 g/mol. The van der Waals surface area contributed by atoms with Gasteiger partial charge < -0.3 is 5.32 Å². The summed E-state index contributed by atoms with van der Waals surface area (Å²) in [5, 5.41) is 15.2. The number of anilines is 1. The number of fused-ring (bicyclic) bond motifs is 1. The van der Waals surface area contributed by atoms with E-state index in [0.717, 1.165) is 10.9 Å². The van der Waals surface area contributed by atoms with Crippen LogP contribution >= 0.6 is 0 Å². The fourth-order valence-corrected chi connectivity index (χ4v) is 3.34. The van der Waals surface area contributed by atoms with E-state index in [2.05, 4.69) is 23.5 Å². The van der Waals surface area contributed by atoms with Gasteiger partial charge in [-0.15, -0.1) is 0 Å². The van der Waals surface area contributed by atoms with E-state index in [9.17, 15) is 5.26 Å². The molecule has 0 atom stereocenters. The van der Waals surface area contributed by atoms with Crippen molar-refractivity contribution in [1.82, 2.24) is 0 Å². The Bertz CT molecular complexity index is 646. The van der Waals surface area contributed by atoms with Gasteiger partial charge in [0, 0.05) is 22.5 Å². The molecule has 0 spiro atoms. The molecule has 0 aromatic heterocycles. The van der Waals surface area contributed by atoms with Gasteiger partial charge in [0.25, 0.3) is 0 Å². The highest BCUT2D eigenvalue weighted by Gasteiger charge is 2.13. The molecular weight excluding hydrogens is 256 g/mol. The first kappa shape index (κ1) is 13.9. The van der Waals surface area contributed by atoms with Crippen LogP contribution in [0.4, 0.5) is 5.69 Å². The second-order valence-electron chi connectivity index (χ2n) is 6.00. The molecule has 0 heterocycles. The summed E-state index contributed by atoms with van der Waals surface area (Å²) in [6, 6.07) is 15.1. The lowest BCUT2D eigenvalue weighted by molar-refractivity contribution is 0.471. The van der Waals surface area contributed by atoms with Crippen molar-refractivity contribution >= 4 is 16.5 Å². The molecule has 0 amide bonds. The van der Waals surface area contributed by atoms with Gasteiger partial charge in [-0.3, -0.25) is 0 Å². The van der Waals surface area contributed by atoms with E-state index in [0.29, 0.717) is 6.04 Å². The summed E-state index contributed by atoms with van der Waals surface area (Å²) >= 11 is 0. The fraction of sp³-hybridized carbons (Fsp3) is 0.421. The molecule has 21 heavy (non-hydrogen) atoms. The van der Waals surface area contributed by atoms with Crippen molar-refractivity contribution in [2.45, 2.75) is 51.0 Å². The summed E-state index contributed by atoms with van der Waals surface area (Å²) in [5.41, 5.74) is 1.93. The molecule has 0 aliphatic heterocycles. The molecule has 0 radical (unpaired) electrons. The van der Waals surface area contributed by atoms with E-state index >= 15 is 0 Å². The monoisotopic (exact) mass is 278 g/mol. The second kappa shape index (κ2) is 6.63. The van der Waals surface area contributed by atoms with Crippen molar-refractivity contribution < 1.29 is 0 Å². The Morgan fingerprint density at radius 1 is 0.857 bits per heavy atom. The van der Waals surface area contributed by atoms with E-state index in [1.54, 1.807) is 0 Å². The molecule has 1 N–H and O–H groups in total. The predicted octanol–water partition coefficient (Wildman–Crippen LogP) is 5.24. The molecule has 0 unspecified atom stereocenters. The van der Waals surface area contributed by atoms with E-state index < -0.39 is 0 Å². The summed E-state index contributed by atoms with van der Waals surface area (Å²) in [7, 11) is 0. The molecule has 1 saturated carbocycles. The molecule has 0 bridgehead atoms. The van der Waals surface area contributed by atoms with Crippen LogP contribution in [-0.2, 0) is 0 Å². The minimum absolute atomic E-state index is 0.571. The zero-order valence-electron chi connectivity index (χ0n) is 12.4. The molecule has 1 aliphatic carbocycles. The van der Waals surface area contributed by atoms with Gasteiger partial charge in [-0.25, -0.2) is 0 Å². The number of rotatable bonds is 2. The molecule has 108 valence electrons. The van der Waals surface area contributed by atoms with E-state index in [-0.39, 0.29) is 0 Å². The van der Waals surface area contributed by atoms with Crippen molar-refractivity contribution in [3.8, 4) is 6.07 Å². The highest BCUT2D eigenvalue weighted by atomic mass is 14.9. The lowest BCUT2D eigenvalue weighted by Crippen LogP contribution is -2.20. The third-order valence-corrected chi connectivity index (χ3v) is 4.51. The minimum Gasteiger partial charge on any atom is -0.382 e. The number of nitrogens with one attached hydrogen (secondary N) is 1. The maximum atomic E-state index is 9.25. The van der Waals surface area contributed by atoms with Crippen LogP contribution < -0.4 is 5.32 Å². The molecule has 0 saturated heterocycles. The first-order valence-corrected chi connectivity index (χ1v) is 8.07. The summed E-state index contributed by atoms with van der Waals surface area (Å²) in [6.45, 7) is 0. The van der Waals surface area contributed by atoms with Gasteiger partial charge in [-0.05, 0) is 25.0 Å². The molecule has 3 rings (SSSR count). The predicted molar refractivity (Wildman–Crippen MR) is 88.4 cm³/mol. The average Bonchev–Trinajstić information content (AvgIpc) is 2.50. The molecule has 2 aromatic carbocycles. The van der Waals surface area contributed by atoms with Gasteiger partial charge in [0.1, 0.15) is 0 Å². The molecule has 2 aromatic rings. The van der Waals surface area contributed by atoms with Gasteiger partial charge >= 0.3 is 0 Å². The Morgan fingerprint density at radius 2 is 1.52 bits per heavy atom. The van der Waals surface area contributed by atoms with E-state index in [1.807, 2.05) is 24.3 Å². The SMILES string of the molecule is N#Cc1ccc(NC2CCCCCCC2)c2ccccc12. The van der Waals surface area contributed by atoms with Crippen LogP contribution in [0.3, 0.4) is 0 Å². The third kappa shape index (κ3) is 3.19. The number of hydrogen-bond acceptors (Lipinski definition) is 2. The summed E-state index contributed by atoms with van der Waals surface area (Å²) < 4.78 is 0. The molecular formula is C19H22N2. The maximum absolute atomic E-state index is 9.25. The topological polar surface area (TPSA) is 35.8 Å². The molecule has 2 nitrogen and oxygen atoms in total. The standard InChI is InChI=1S/C19H22N2/c20-14-15-12-13-19(18-11-7-6-10-17(15)18)21-16-8-4-2-1-3-5-9-16/h6-7,10-13,16,21H,1-5,8-9H2. The van der Waals surface area contributed by atoms with Gasteiger partial charge in [0.2, 0.25) is 0 Å². The second-order valence-corrected chi connectivity index (χ2v) is 6.00. The first-order valence-electron chi connectivity index (χ1n) is 8.07. The number of hydrogen-bond donors (Lipinski definition) is 1. The highest BCUT2D eigenvalue weighted by Crippen LogP contribution is 2.29. The molecule has 1 fully saturated rings. The summed E-state index contributed by atoms with van der Waals surface area (Å²) in [5.74, 6) is 0. The largest absolute Gasteiger partial charge is 0.382 e. The Hall–Kier alpha value is -2.01. The van der Waals surface area contributed by atoms with Gasteiger partial charge in [-0.1, -0.05) is 56.4 Å². The Balaban J connectivity index is 1.88. The Labute approximate surface area is 126 Å².